The normalized spacial score (nSPS) is 13.9. The maximum atomic E-state index is 12.4. The van der Waals surface area contributed by atoms with E-state index in [1.54, 1.807) is 0 Å². The van der Waals surface area contributed by atoms with Gasteiger partial charge in [-0.05, 0) is 44.9 Å². The van der Waals surface area contributed by atoms with Crippen LogP contribution in [0.5, 0.6) is 0 Å². The number of aliphatic hydroxyl groups is 3. The number of hydrogen-bond acceptors (Lipinski definition) is 4. The van der Waals surface area contributed by atoms with Crippen LogP contribution in [0.4, 0.5) is 0 Å². The molecule has 5 nitrogen and oxygen atoms in total. The van der Waals surface area contributed by atoms with Gasteiger partial charge in [0.15, 0.2) is 0 Å². The number of carbonyl (C=O) groups excluding carboxylic acids is 1. The van der Waals surface area contributed by atoms with E-state index in [1.807, 2.05) is 0 Å². The summed E-state index contributed by atoms with van der Waals surface area (Å²) in [5.74, 6) is -0.158. The molecule has 0 aliphatic rings. The second kappa shape index (κ2) is 36.7. The summed E-state index contributed by atoms with van der Waals surface area (Å²) in [4.78, 5) is 12.4. The molecule has 0 aromatic carbocycles. The van der Waals surface area contributed by atoms with Crippen molar-refractivity contribution in [2.24, 2.45) is 0 Å². The Morgan fingerprint density at radius 3 is 1.30 bits per heavy atom. The van der Waals surface area contributed by atoms with Crippen LogP contribution in [0.15, 0.2) is 24.3 Å². The van der Waals surface area contributed by atoms with Crippen LogP contribution in [0.2, 0.25) is 0 Å². The fourth-order valence-electron chi connectivity index (χ4n) is 6.11. The Morgan fingerprint density at radius 1 is 0.522 bits per heavy atom. The van der Waals surface area contributed by atoms with Crippen molar-refractivity contribution in [1.82, 2.24) is 5.32 Å². The molecule has 0 heterocycles. The maximum absolute atomic E-state index is 12.4. The molecule has 0 radical (unpaired) electrons. The van der Waals surface area contributed by atoms with E-state index in [-0.39, 0.29) is 12.5 Å². The van der Waals surface area contributed by atoms with Crippen LogP contribution in [0.3, 0.4) is 0 Å². The zero-order chi connectivity index (χ0) is 33.8. The molecule has 0 rings (SSSR count). The van der Waals surface area contributed by atoms with Crippen LogP contribution >= 0.6 is 0 Å². The summed E-state index contributed by atoms with van der Waals surface area (Å²) in [6, 6.07) is -0.826. The third-order valence-electron chi connectivity index (χ3n) is 9.29. The van der Waals surface area contributed by atoms with Gasteiger partial charge in [-0.25, -0.2) is 0 Å². The van der Waals surface area contributed by atoms with Crippen LogP contribution in [-0.2, 0) is 4.79 Å². The zero-order valence-corrected chi connectivity index (χ0v) is 30.7. The lowest BCUT2D eigenvalue weighted by Crippen LogP contribution is -2.50. The fourth-order valence-corrected chi connectivity index (χ4v) is 6.11. The molecule has 0 aromatic heterocycles. The van der Waals surface area contributed by atoms with Gasteiger partial charge in [-0.1, -0.05) is 179 Å². The third-order valence-corrected chi connectivity index (χ3v) is 9.29. The largest absolute Gasteiger partial charge is 0.394 e. The van der Waals surface area contributed by atoms with Crippen LogP contribution in [0.1, 0.15) is 206 Å². The Kier molecular flexibility index (Phi) is 35.7. The number of unbranched alkanes of at least 4 members (excludes halogenated alkanes) is 24. The summed E-state index contributed by atoms with van der Waals surface area (Å²) >= 11 is 0. The number of rotatable bonds is 36. The third kappa shape index (κ3) is 31.4. The molecule has 46 heavy (non-hydrogen) atoms. The highest BCUT2D eigenvalue weighted by molar-refractivity contribution is 5.76. The number of aliphatic hydroxyl groups excluding tert-OH is 3. The Balaban J connectivity index is 3.62. The van der Waals surface area contributed by atoms with E-state index in [1.165, 1.54) is 128 Å². The zero-order valence-electron chi connectivity index (χ0n) is 30.7. The molecule has 4 N–H and O–H groups in total. The summed E-state index contributed by atoms with van der Waals surface area (Å²) in [6.45, 7) is 4.11. The Bertz CT molecular complexity index is 679. The summed E-state index contributed by atoms with van der Waals surface area (Å²) in [7, 11) is 0. The Hall–Kier alpha value is -1.17. The van der Waals surface area contributed by atoms with Crippen LogP contribution in [-0.4, -0.2) is 46.1 Å². The summed E-state index contributed by atoms with van der Waals surface area (Å²) in [6.07, 6.45) is 42.9. The smallest absolute Gasteiger partial charge is 0.220 e. The predicted octanol–water partition coefficient (Wildman–Crippen LogP) is 11.0. The van der Waals surface area contributed by atoms with Crippen molar-refractivity contribution < 1.29 is 20.1 Å². The van der Waals surface area contributed by atoms with E-state index < -0.39 is 18.2 Å². The van der Waals surface area contributed by atoms with Gasteiger partial charge >= 0.3 is 0 Å². The minimum atomic E-state index is -1.16. The minimum absolute atomic E-state index is 0.158. The van der Waals surface area contributed by atoms with Gasteiger partial charge in [0, 0.05) is 6.42 Å². The second-order valence-corrected chi connectivity index (χ2v) is 13.8. The highest BCUT2D eigenvalue weighted by Crippen LogP contribution is 2.16. The molecule has 0 aromatic rings. The molecule has 5 heteroatoms. The lowest BCUT2D eigenvalue weighted by molar-refractivity contribution is -0.124. The highest BCUT2D eigenvalue weighted by Gasteiger charge is 2.26. The van der Waals surface area contributed by atoms with E-state index >= 15 is 0 Å². The number of allylic oxidation sites excluding steroid dienone is 4. The van der Waals surface area contributed by atoms with E-state index in [0.29, 0.717) is 12.8 Å². The molecule has 0 saturated carbocycles. The molecular formula is C41H79NO4. The highest BCUT2D eigenvalue weighted by atomic mass is 16.3. The van der Waals surface area contributed by atoms with Crippen molar-refractivity contribution in [3.05, 3.63) is 24.3 Å². The first kappa shape index (κ1) is 44.8. The summed E-state index contributed by atoms with van der Waals surface area (Å²) in [5, 5.41) is 33.3. The molecule has 3 unspecified atom stereocenters. The van der Waals surface area contributed by atoms with Gasteiger partial charge in [0.25, 0.3) is 0 Å². The molecule has 0 saturated heterocycles. The summed E-state index contributed by atoms with van der Waals surface area (Å²) in [5.41, 5.74) is 0. The number of amides is 1. The quantitative estimate of drug-likeness (QED) is 0.0401. The molecule has 0 fully saturated rings. The number of carbonyl (C=O) groups is 1. The molecular weight excluding hydrogens is 570 g/mol. The first-order valence-electron chi connectivity index (χ1n) is 20.1. The predicted molar refractivity (Wildman–Crippen MR) is 199 cm³/mol. The van der Waals surface area contributed by atoms with Crippen LogP contribution < -0.4 is 5.32 Å². The average molecular weight is 650 g/mol. The lowest BCUT2D eigenvalue weighted by Gasteiger charge is -2.26. The van der Waals surface area contributed by atoms with Crippen LogP contribution in [0.25, 0.3) is 0 Å². The maximum Gasteiger partial charge on any atom is 0.220 e. The first-order chi connectivity index (χ1) is 22.6. The molecule has 0 aliphatic heterocycles. The van der Waals surface area contributed by atoms with Crippen molar-refractivity contribution in [3.8, 4) is 0 Å². The van der Waals surface area contributed by atoms with Crippen molar-refractivity contribution in [3.63, 3.8) is 0 Å². The molecule has 1 amide bonds. The van der Waals surface area contributed by atoms with Gasteiger partial charge < -0.3 is 20.6 Å². The second-order valence-electron chi connectivity index (χ2n) is 13.8. The molecule has 0 spiro atoms. The van der Waals surface area contributed by atoms with Gasteiger partial charge in [0.05, 0.1) is 18.8 Å². The minimum Gasteiger partial charge on any atom is -0.394 e. The molecule has 0 aliphatic carbocycles. The van der Waals surface area contributed by atoms with Crippen molar-refractivity contribution >= 4 is 5.91 Å². The number of hydrogen-bond donors (Lipinski definition) is 4. The van der Waals surface area contributed by atoms with E-state index in [4.69, 9.17) is 0 Å². The lowest BCUT2D eigenvalue weighted by atomic mass is 10.0. The SMILES string of the molecule is CCCC/C=C/CC/C=C/CCCC(O)C(O)C(CO)NC(=O)CCCCCCCCCCCCCCCCCCCCCCC. The van der Waals surface area contributed by atoms with Crippen molar-refractivity contribution in [2.75, 3.05) is 6.61 Å². The molecule has 272 valence electrons. The number of nitrogens with one attached hydrogen (secondary N) is 1. The van der Waals surface area contributed by atoms with Gasteiger partial charge in [0.1, 0.15) is 6.10 Å². The Morgan fingerprint density at radius 2 is 0.891 bits per heavy atom. The topological polar surface area (TPSA) is 89.8 Å². The van der Waals surface area contributed by atoms with E-state index in [2.05, 4.69) is 43.5 Å². The molecule has 3 atom stereocenters. The van der Waals surface area contributed by atoms with Gasteiger partial charge in [-0.2, -0.15) is 0 Å². The van der Waals surface area contributed by atoms with Gasteiger partial charge in [0.2, 0.25) is 5.91 Å². The van der Waals surface area contributed by atoms with Gasteiger partial charge in [-0.15, -0.1) is 0 Å². The van der Waals surface area contributed by atoms with Crippen LogP contribution in [0, 0.1) is 0 Å². The van der Waals surface area contributed by atoms with E-state index in [9.17, 15) is 20.1 Å². The monoisotopic (exact) mass is 650 g/mol. The first-order valence-corrected chi connectivity index (χ1v) is 20.1. The van der Waals surface area contributed by atoms with Gasteiger partial charge in [-0.3, -0.25) is 4.79 Å². The average Bonchev–Trinajstić information content (AvgIpc) is 3.06. The Labute approximate surface area is 286 Å². The standard InChI is InChI=1S/C41H79NO4/c1-3-5-7-9-11-13-15-16-17-18-19-20-21-22-23-24-26-28-30-32-34-36-40(45)42-38(37-43)41(46)39(44)35-33-31-29-27-25-14-12-10-8-6-4-2/h10,12,27,29,38-39,41,43-44,46H,3-9,11,13-26,28,30-37H2,1-2H3,(H,42,45)/b12-10+,29-27+. The van der Waals surface area contributed by atoms with E-state index in [0.717, 1.165) is 51.4 Å². The van der Waals surface area contributed by atoms with Crippen molar-refractivity contribution in [1.29, 1.82) is 0 Å². The fraction of sp³-hybridized carbons (Fsp3) is 0.878. The summed E-state index contributed by atoms with van der Waals surface area (Å²) < 4.78 is 0. The molecule has 0 bridgehead atoms. The van der Waals surface area contributed by atoms with Crippen molar-refractivity contribution in [2.45, 2.75) is 225 Å².